The van der Waals surface area contributed by atoms with Gasteiger partial charge in [-0.15, -0.1) is 0 Å². The summed E-state index contributed by atoms with van der Waals surface area (Å²) in [6, 6.07) is 11.8. The zero-order valence-electron chi connectivity index (χ0n) is 13.1. The molecule has 0 aliphatic rings. The Labute approximate surface area is 135 Å². The minimum absolute atomic E-state index is 0.0179. The van der Waals surface area contributed by atoms with Crippen molar-refractivity contribution in [2.24, 2.45) is 0 Å². The third-order valence-corrected chi connectivity index (χ3v) is 3.79. The smallest absolute Gasteiger partial charge is 0.138 e. The fraction of sp³-hybridized carbons (Fsp3) is 0.278. The van der Waals surface area contributed by atoms with Gasteiger partial charge in [-0.1, -0.05) is 18.2 Å². The Balaban J connectivity index is 2.04. The average Bonchev–Trinajstić information content (AvgIpc) is 2.92. The molecule has 2 aromatic heterocycles. The Hall–Kier alpha value is -2.21. The number of nitrogens with one attached hydrogen (secondary N) is 2. The average molecular weight is 311 g/mol. The zero-order valence-corrected chi connectivity index (χ0v) is 13.1. The van der Waals surface area contributed by atoms with Gasteiger partial charge in [-0.05, 0) is 36.2 Å². The van der Waals surface area contributed by atoms with Gasteiger partial charge in [-0.3, -0.25) is 0 Å². The second-order valence-electron chi connectivity index (χ2n) is 5.72. The SMILES string of the molecule is CC(O)CNCc1[nH]c2ncccc2c1-c1cccc(CO)c1. The van der Waals surface area contributed by atoms with Crippen LogP contribution in [0.25, 0.3) is 22.2 Å². The van der Waals surface area contributed by atoms with E-state index in [1.807, 2.05) is 36.4 Å². The molecule has 3 rings (SSSR count). The van der Waals surface area contributed by atoms with Crippen LogP contribution < -0.4 is 5.32 Å². The number of nitrogens with zero attached hydrogens (tertiary/aromatic N) is 1. The highest BCUT2D eigenvalue weighted by Gasteiger charge is 2.14. The Morgan fingerprint density at radius 1 is 1.26 bits per heavy atom. The van der Waals surface area contributed by atoms with E-state index in [4.69, 9.17) is 0 Å². The molecule has 120 valence electrons. The molecule has 0 fully saturated rings. The summed E-state index contributed by atoms with van der Waals surface area (Å²) in [5, 5.41) is 23.1. The predicted molar refractivity (Wildman–Crippen MR) is 90.8 cm³/mol. The van der Waals surface area contributed by atoms with Crippen LogP contribution >= 0.6 is 0 Å². The molecule has 1 aromatic carbocycles. The number of aliphatic hydroxyl groups is 2. The van der Waals surface area contributed by atoms with E-state index in [0.29, 0.717) is 13.1 Å². The van der Waals surface area contributed by atoms with Crippen LogP contribution in [0.1, 0.15) is 18.2 Å². The molecule has 5 nitrogen and oxygen atoms in total. The molecule has 0 radical (unpaired) electrons. The van der Waals surface area contributed by atoms with Crippen molar-refractivity contribution in [1.82, 2.24) is 15.3 Å². The number of benzene rings is 1. The molecule has 5 heteroatoms. The summed E-state index contributed by atoms with van der Waals surface area (Å²) >= 11 is 0. The van der Waals surface area contributed by atoms with E-state index in [1.165, 1.54) is 0 Å². The van der Waals surface area contributed by atoms with Crippen molar-refractivity contribution in [2.75, 3.05) is 6.54 Å². The lowest BCUT2D eigenvalue weighted by Crippen LogP contribution is -2.24. The third kappa shape index (κ3) is 3.42. The molecule has 0 saturated carbocycles. The zero-order chi connectivity index (χ0) is 16.2. The first-order valence-electron chi connectivity index (χ1n) is 7.73. The van der Waals surface area contributed by atoms with Crippen molar-refractivity contribution in [1.29, 1.82) is 0 Å². The Morgan fingerprint density at radius 3 is 2.91 bits per heavy atom. The van der Waals surface area contributed by atoms with E-state index in [1.54, 1.807) is 13.1 Å². The second-order valence-corrected chi connectivity index (χ2v) is 5.72. The number of aromatic amines is 1. The number of pyridine rings is 1. The summed E-state index contributed by atoms with van der Waals surface area (Å²) < 4.78 is 0. The largest absolute Gasteiger partial charge is 0.392 e. The van der Waals surface area contributed by atoms with Crippen molar-refractivity contribution < 1.29 is 10.2 Å². The molecule has 3 aromatic rings. The number of rotatable bonds is 6. The van der Waals surface area contributed by atoms with Crippen LogP contribution in [0.5, 0.6) is 0 Å². The van der Waals surface area contributed by atoms with E-state index >= 15 is 0 Å². The lowest BCUT2D eigenvalue weighted by atomic mass is 10.0. The second kappa shape index (κ2) is 6.91. The van der Waals surface area contributed by atoms with Gasteiger partial charge in [0, 0.05) is 35.9 Å². The van der Waals surface area contributed by atoms with Crippen LogP contribution in [0, 0.1) is 0 Å². The molecule has 0 spiro atoms. The summed E-state index contributed by atoms with van der Waals surface area (Å²) in [7, 11) is 0. The Morgan fingerprint density at radius 2 is 2.13 bits per heavy atom. The maximum Gasteiger partial charge on any atom is 0.138 e. The normalized spacial score (nSPS) is 12.7. The van der Waals surface area contributed by atoms with Crippen molar-refractivity contribution in [3.63, 3.8) is 0 Å². The van der Waals surface area contributed by atoms with Crippen molar-refractivity contribution in [3.05, 3.63) is 53.9 Å². The van der Waals surface area contributed by atoms with Gasteiger partial charge in [0.2, 0.25) is 0 Å². The van der Waals surface area contributed by atoms with Crippen molar-refractivity contribution >= 4 is 11.0 Å². The molecular weight excluding hydrogens is 290 g/mol. The topological polar surface area (TPSA) is 81.2 Å². The van der Waals surface area contributed by atoms with E-state index in [9.17, 15) is 10.2 Å². The molecule has 0 bridgehead atoms. The van der Waals surface area contributed by atoms with Crippen molar-refractivity contribution in [2.45, 2.75) is 26.2 Å². The summed E-state index contributed by atoms with van der Waals surface area (Å²) in [5.74, 6) is 0. The van der Waals surface area contributed by atoms with E-state index in [2.05, 4.69) is 15.3 Å². The molecule has 1 atom stereocenters. The first kappa shape index (κ1) is 15.7. The molecule has 23 heavy (non-hydrogen) atoms. The van der Waals surface area contributed by atoms with Gasteiger partial charge in [0.1, 0.15) is 5.65 Å². The molecule has 2 heterocycles. The predicted octanol–water partition coefficient (Wildman–Crippen LogP) is 2.19. The summed E-state index contributed by atoms with van der Waals surface area (Å²) in [5.41, 5.74) is 4.87. The minimum atomic E-state index is -0.390. The quantitative estimate of drug-likeness (QED) is 0.562. The van der Waals surface area contributed by atoms with Gasteiger partial charge >= 0.3 is 0 Å². The number of fused-ring (bicyclic) bond motifs is 1. The maximum atomic E-state index is 9.41. The van der Waals surface area contributed by atoms with Gasteiger partial charge in [0.05, 0.1) is 12.7 Å². The molecule has 0 saturated heterocycles. The lowest BCUT2D eigenvalue weighted by molar-refractivity contribution is 0.191. The van der Waals surface area contributed by atoms with E-state index in [-0.39, 0.29) is 6.61 Å². The Bertz CT molecular complexity index is 796. The van der Waals surface area contributed by atoms with Crippen LogP contribution in [0.3, 0.4) is 0 Å². The highest BCUT2D eigenvalue weighted by atomic mass is 16.3. The number of aromatic nitrogens is 2. The number of aliphatic hydroxyl groups excluding tert-OH is 2. The van der Waals surface area contributed by atoms with Gasteiger partial charge in [0.15, 0.2) is 0 Å². The summed E-state index contributed by atoms with van der Waals surface area (Å²) in [6.07, 6.45) is 1.37. The van der Waals surface area contributed by atoms with Crippen LogP contribution in [-0.4, -0.2) is 32.8 Å². The van der Waals surface area contributed by atoms with E-state index in [0.717, 1.165) is 33.4 Å². The number of H-pyrrole nitrogens is 1. The fourth-order valence-corrected chi connectivity index (χ4v) is 2.77. The third-order valence-electron chi connectivity index (χ3n) is 3.79. The molecule has 4 N–H and O–H groups in total. The summed E-state index contributed by atoms with van der Waals surface area (Å²) in [6.45, 7) is 2.91. The first-order valence-corrected chi connectivity index (χ1v) is 7.73. The standard InChI is InChI=1S/C18H21N3O2/c1-12(23)9-19-10-16-17(14-5-2-4-13(8-14)11-22)15-6-3-7-20-18(15)21-16/h2-8,12,19,22-23H,9-11H2,1H3,(H,20,21). The molecule has 0 amide bonds. The number of hydrogen-bond donors (Lipinski definition) is 4. The number of hydrogen-bond acceptors (Lipinski definition) is 4. The molecular formula is C18H21N3O2. The van der Waals surface area contributed by atoms with Gasteiger partial charge in [-0.2, -0.15) is 0 Å². The Kier molecular flexibility index (Phi) is 4.71. The highest BCUT2D eigenvalue weighted by Crippen LogP contribution is 2.32. The fourth-order valence-electron chi connectivity index (χ4n) is 2.77. The van der Waals surface area contributed by atoms with Crippen LogP contribution in [0.2, 0.25) is 0 Å². The lowest BCUT2D eigenvalue weighted by Gasteiger charge is -2.09. The van der Waals surface area contributed by atoms with Crippen LogP contribution in [-0.2, 0) is 13.2 Å². The van der Waals surface area contributed by atoms with Gasteiger partial charge in [-0.25, -0.2) is 4.98 Å². The highest BCUT2D eigenvalue weighted by molar-refractivity contribution is 5.95. The van der Waals surface area contributed by atoms with Crippen molar-refractivity contribution in [3.8, 4) is 11.1 Å². The van der Waals surface area contributed by atoms with Gasteiger partial charge < -0.3 is 20.5 Å². The minimum Gasteiger partial charge on any atom is -0.392 e. The first-order chi connectivity index (χ1) is 11.2. The van der Waals surface area contributed by atoms with E-state index < -0.39 is 6.10 Å². The van der Waals surface area contributed by atoms with Gasteiger partial charge in [0.25, 0.3) is 0 Å². The molecule has 0 aliphatic carbocycles. The monoisotopic (exact) mass is 311 g/mol. The van der Waals surface area contributed by atoms with Crippen LogP contribution in [0.4, 0.5) is 0 Å². The maximum absolute atomic E-state index is 9.41. The molecule has 1 unspecified atom stereocenters. The van der Waals surface area contributed by atoms with Crippen LogP contribution in [0.15, 0.2) is 42.6 Å². The molecule has 0 aliphatic heterocycles. The summed E-state index contributed by atoms with van der Waals surface area (Å²) in [4.78, 5) is 7.75.